The van der Waals surface area contributed by atoms with E-state index < -0.39 is 0 Å². The van der Waals surface area contributed by atoms with Crippen LogP contribution in [0.3, 0.4) is 0 Å². The average molecular weight is 203 g/mol. The number of fused-ring (bicyclic) bond motifs is 1. The number of aromatic nitrogens is 3. The molecule has 1 unspecified atom stereocenters. The minimum Gasteiger partial charge on any atom is -0.290 e. The lowest BCUT2D eigenvalue weighted by atomic mass is 9.97. The van der Waals surface area contributed by atoms with Crippen molar-refractivity contribution >= 4 is 5.52 Å². The molecule has 0 aliphatic rings. The van der Waals surface area contributed by atoms with Gasteiger partial charge in [-0.25, -0.2) is 9.97 Å². The molecule has 3 nitrogen and oxygen atoms in total. The zero-order valence-electron chi connectivity index (χ0n) is 9.35. The lowest BCUT2D eigenvalue weighted by molar-refractivity contribution is 0.580. The van der Waals surface area contributed by atoms with Crippen LogP contribution in [-0.2, 0) is 0 Å². The molecule has 0 fully saturated rings. The van der Waals surface area contributed by atoms with E-state index in [4.69, 9.17) is 0 Å². The smallest absolute Gasteiger partial charge is 0.101 e. The number of hydrogen-bond acceptors (Lipinski definition) is 2. The summed E-state index contributed by atoms with van der Waals surface area (Å²) < 4.78 is 1.95. The van der Waals surface area contributed by atoms with Crippen molar-refractivity contribution in [3.63, 3.8) is 0 Å². The molecule has 0 bridgehead atoms. The Labute approximate surface area is 90.2 Å². The van der Waals surface area contributed by atoms with Crippen LogP contribution in [-0.4, -0.2) is 14.4 Å². The van der Waals surface area contributed by atoms with Crippen LogP contribution in [0.4, 0.5) is 0 Å². The Morgan fingerprint density at radius 3 is 2.93 bits per heavy atom. The van der Waals surface area contributed by atoms with Gasteiger partial charge < -0.3 is 0 Å². The Hall–Kier alpha value is -1.38. The van der Waals surface area contributed by atoms with Crippen LogP contribution in [0.25, 0.3) is 5.52 Å². The lowest BCUT2D eigenvalue weighted by Gasteiger charge is -2.12. The minimum atomic E-state index is 0.592. The van der Waals surface area contributed by atoms with Gasteiger partial charge in [0.1, 0.15) is 12.7 Å². The SMILES string of the molecule is CCCC(CC)c1cc2cncn2cn1. The molecule has 0 aliphatic carbocycles. The fourth-order valence-electron chi connectivity index (χ4n) is 1.97. The molecular weight excluding hydrogens is 186 g/mol. The molecule has 0 saturated carbocycles. The van der Waals surface area contributed by atoms with Gasteiger partial charge >= 0.3 is 0 Å². The van der Waals surface area contributed by atoms with Gasteiger partial charge in [-0.05, 0) is 18.9 Å². The Bertz CT molecular complexity index is 433. The van der Waals surface area contributed by atoms with E-state index in [-0.39, 0.29) is 0 Å². The summed E-state index contributed by atoms with van der Waals surface area (Å²) in [7, 11) is 0. The van der Waals surface area contributed by atoms with Crippen molar-refractivity contribution < 1.29 is 0 Å². The Morgan fingerprint density at radius 1 is 1.33 bits per heavy atom. The van der Waals surface area contributed by atoms with Gasteiger partial charge in [0.25, 0.3) is 0 Å². The van der Waals surface area contributed by atoms with E-state index >= 15 is 0 Å². The highest BCUT2D eigenvalue weighted by Crippen LogP contribution is 2.23. The fourth-order valence-corrected chi connectivity index (χ4v) is 1.97. The molecule has 0 N–H and O–H groups in total. The van der Waals surface area contributed by atoms with Crippen molar-refractivity contribution in [3.05, 3.63) is 30.6 Å². The lowest BCUT2D eigenvalue weighted by Crippen LogP contribution is -2.01. The maximum atomic E-state index is 4.49. The van der Waals surface area contributed by atoms with Crippen LogP contribution in [0.5, 0.6) is 0 Å². The van der Waals surface area contributed by atoms with E-state index in [0.717, 1.165) is 11.9 Å². The van der Waals surface area contributed by atoms with Gasteiger partial charge in [0.15, 0.2) is 0 Å². The highest BCUT2D eigenvalue weighted by atomic mass is 15.0. The second-order valence-electron chi connectivity index (χ2n) is 3.93. The largest absolute Gasteiger partial charge is 0.290 e. The van der Waals surface area contributed by atoms with Crippen molar-refractivity contribution in [2.75, 3.05) is 0 Å². The molecular formula is C12H17N3. The van der Waals surface area contributed by atoms with Gasteiger partial charge in [0.2, 0.25) is 0 Å². The van der Waals surface area contributed by atoms with Gasteiger partial charge in [0, 0.05) is 11.6 Å². The fraction of sp³-hybridized carbons (Fsp3) is 0.500. The summed E-state index contributed by atoms with van der Waals surface area (Å²) in [5.74, 6) is 0.592. The maximum Gasteiger partial charge on any atom is 0.101 e. The third-order valence-corrected chi connectivity index (χ3v) is 2.87. The van der Waals surface area contributed by atoms with E-state index in [1.165, 1.54) is 18.5 Å². The second-order valence-corrected chi connectivity index (χ2v) is 3.93. The Kier molecular flexibility index (Phi) is 2.99. The molecule has 1 atom stereocenters. The molecule has 2 aromatic rings. The molecule has 0 spiro atoms. The van der Waals surface area contributed by atoms with Gasteiger partial charge in [0.05, 0.1) is 11.7 Å². The minimum absolute atomic E-state index is 0.592. The molecule has 0 amide bonds. The van der Waals surface area contributed by atoms with Crippen LogP contribution < -0.4 is 0 Å². The van der Waals surface area contributed by atoms with Crippen LogP contribution in [0.15, 0.2) is 24.9 Å². The van der Waals surface area contributed by atoms with Crippen LogP contribution >= 0.6 is 0 Å². The summed E-state index contributed by atoms with van der Waals surface area (Å²) in [5, 5.41) is 0. The van der Waals surface area contributed by atoms with Gasteiger partial charge in [-0.1, -0.05) is 20.3 Å². The number of imidazole rings is 1. The normalized spacial score (nSPS) is 13.2. The summed E-state index contributed by atoms with van der Waals surface area (Å²) in [5.41, 5.74) is 2.34. The highest BCUT2D eigenvalue weighted by Gasteiger charge is 2.10. The molecule has 2 heterocycles. The predicted octanol–water partition coefficient (Wildman–Crippen LogP) is 3.02. The second kappa shape index (κ2) is 4.43. The maximum absolute atomic E-state index is 4.49. The van der Waals surface area contributed by atoms with Crippen LogP contribution in [0.1, 0.15) is 44.7 Å². The molecule has 15 heavy (non-hydrogen) atoms. The van der Waals surface area contributed by atoms with E-state index in [1.807, 2.05) is 16.9 Å². The van der Waals surface area contributed by atoms with Crippen molar-refractivity contribution in [2.45, 2.75) is 39.0 Å². The van der Waals surface area contributed by atoms with Crippen LogP contribution in [0, 0.1) is 0 Å². The van der Waals surface area contributed by atoms with Gasteiger partial charge in [-0.2, -0.15) is 0 Å². The summed E-state index contributed by atoms with van der Waals surface area (Å²) in [6, 6.07) is 2.15. The first-order valence-corrected chi connectivity index (χ1v) is 5.62. The van der Waals surface area contributed by atoms with E-state index in [2.05, 4.69) is 29.9 Å². The first-order valence-electron chi connectivity index (χ1n) is 5.62. The first kappa shape index (κ1) is 10.1. The highest BCUT2D eigenvalue weighted by molar-refractivity contribution is 5.45. The molecule has 2 aromatic heterocycles. The predicted molar refractivity (Wildman–Crippen MR) is 60.9 cm³/mol. The quantitative estimate of drug-likeness (QED) is 0.764. The van der Waals surface area contributed by atoms with Crippen molar-refractivity contribution in [3.8, 4) is 0 Å². The average Bonchev–Trinajstić information content (AvgIpc) is 2.72. The molecule has 2 rings (SSSR count). The summed E-state index contributed by atoms with van der Waals surface area (Å²) >= 11 is 0. The Morgan fingerprint density at radius 2 is 2.20 bits per heavy atom. The van der Waals surface area contributed by atoms with Gasteiger partial charge in [-0.15, -0.1) is 0 Å². The topological polar surface area (TPSA) is 30.2 Å². The molecule has 3 heteroatoms. The van der Waals surface area contributed by atoms with Crippen molar-refractivity contribution in [2.24, 2.45) is 0 Å². The Balaban J connectivity index is 2.33. The molecule has 80 valence electrons. The van der Waals surface area contributed by atoms with Gasteiger partial charge in [-0.3, -0.25) is 4.40 Å². The zero-order valence-corrected chi connectivity index (χ0v) is 9.35. The number of rotatable bonds is 4. The van der Waals surface area contributed by atoms with Crippen molar-refractivity contribution in [1.82, 2.24) is 14.4 Å². The first-order chi connectivity index (χ1) is 7.35. The monoisotopic (exact) mass is 203 g/mol. The third kappa shape index (κ3) is 2.01. The zero-order chi connectivity index (χ0) is 10.7. The van der Waals surface area contributed by atoms with Crippen LogP contribution in [0.2, 0.25) is 0 Å². The summed E-state index contributed by atoms with van der Waals surface area (Å²) in [6.07, 6.45) is 9.11. The van der Waals surface area contributed by atoms with E-state index in [0.29, 0.717) is 5.92 Å². The summed E-state index contributed by atoms with van der Waals surface area (Å²) in [4.78, 5) is 8.59. The molecule has 0 radical (unpaired) electrons. The molecule has 0 aromatic carbocycles. The van der Waals surface area contributed by atoms with Crippen molar-refractivity contribution in [1.29, 1.82) is 0 Å². The molecule has 0 saturated heterocycles. The summed E-state index contributed by atoms with van der Waals surface area (Å²) in [6.45, 7) is 4.45. The van der Waals surface area contributed by atoms with E-state index in [9.17, 15) is 0 Å². The number of nitrogens with zero attached hydrogens (tertiary/aromatic N) is 3. The standard InChI is InChI=1S/C12H17N3/c1-3-5-10(4-2)12-6-11-7-13-8-15(11)9-14-12/h6-10H,3-5H2,1-2H3. The van der Waals surface area contributed by atoms with E-state index in [1.54, 1.807) is 6.33 Å². The molecule has 0 aliphatic heterocycles. The number of hydrogen-bond donors (Lipinski definition) is 0. The third-order valence-electron chi connectivity index (χ3n) is 2.87.